The molecule has 0 aliphatic carbocycles. The van der Waals surface area contributed by atoms with Crippen molar-refractivity contribution in [3.63, 3.8) is 0 Å². The summed E-state index contributed by atoms with van der Waals surface area (Å²) in [5, 5.41) is 0. The Morgan fingerprint density at radius 2 is 1.60 bits per heavy atom. The lowest BCUT2D eigenvalue weighted by Gasteiger charge is -1.98. The van der Waals surface area contributed by atoms with Crippen molar-refractivity contribution in [1.29, 1.82) is 0 Å². The zero-order valence-corrected chi connectivity index (χ0v) is 6.86. The lowest BCUT2D eigenvalue weighted by atomic mass is 10.1. The molecule has 0 heterocycles. The van der Waals surface area contributed by atoms with Crippen molar-refractivity contribution in [2.75, 3.05) is 20.3 Å². The molecule has 0 fully saturated rings. The van der Waals surface area contributed by atoms with Gasteiger partial charge in [0.2, 0.25) is 0 Å². The van der Waals surface area contributed by atoms with Gasteiger partial charge in [0.05, 0.1) is 0 Å². The number of rotatable bonds is 7. The van der Waals surface area contributed by atoms with Crippen LogP contribution < -0.4 is 5.73 Å². The standard InChI is InChI=1S/C8H18NO/c1-10-8-6-4-2-3-5-7-9/h9H,2-8H2,1H3. The minimum absolute atomic E-state index is 0.588. The molecule has 0 rings (SSSR count). The summed E-state index contributed by atoms with van der Waals surface area (Å²) >= 11 is 0. The third kappa shape index (κ3) is 7.92. The van der Waals surface area contributed by atoms with Gasteiger partial charge in [-0.1, -0.05) is 19.3 Å². The van der Waals surface area contributed by atoms with Crippen LogP contribution in [0, 0.1) is 0 Å². The number of hydrogen-bond donors (Lipinski definition) is 0. The topological polar surface area (TPSA) is 33.0 Å². The number of ether oxygens (including phenoxy) is 1. The summed E-state index contributed by atoms with van der Waals surface area (Å²) in [6.07, 6.45) is 5.98. The average Bonchev–Trinajstić information content (AvgIpc) is 1.97. The number of unbranched alkanes of at least 4 members (excludes halogenated alkanes) is 4. The van der Waals surface area contributed by atoms with Crippen molar-refractivity contribution in [2.45, 2.75) is 32.1 Å². The van der Waals surface area contributed by atoms with Gasteiger partial charge >= 0.3 is 0 Å². The SMILES string of the molecule is COCCCCCCC[NH]. The van der Waals surface area contributed by atoms with E-state index in [1.807, 2.05) is 0 Å². The molecule has 0 aromatic rings. The first kappa shape index (κ1) is 9.92. The van der Waals surface area contributed by atoms with E-state index < -0.39 is 0 Å². The number of hydrogen-bond acceptors (Lipinski definition) is 1. The van der Waals surface area contributed by atoms with Gasteiger partial charge in [0.1, 0.15) is 0 Å². The lowest BCUT2D eigenvalue weighted by molar-refractivity contribution is 0.192. The summed E-state index contributed by atoms with van der Waals surface area (Å²) in [6.45, 7) is 1.48. The van der Waals surface area contributed by atoms with E-state index in [0.717, 1.165) is 13.0 Å². The largest absolute Gasteiger partial charge is 0.385 e. The highest BCUT2D eigenvalue weighted by Gasteiger charge is 1.87. The van der Waals surface area contributed by atoms with Crippen molar-refractivity contribution in [3.05, 3.63) is 0 Å². The molecule has 2 heteroatoms. The molecule has 0 saturated carbocycles. The van der Waals surface area contributed by atoms with Crippen LogP contribution in [0.3, 0.4) is 0 Å². The molecule has 0 aliphatic heterocycles. The molecule has 0 atom stereocenters. The van der Waals surface area contributed by atoms with Gasteiger partial charge in [0.25, 0.3) is 0 Å². The van der Waals surface area contributed by atoms with Crippen molar-refractivity contribution in [1.82, 2.24) is 5.73 Å². The second-order valence-electron chi connectivity index (χ2n) is 2.51. The van der Waals surface area contributed by atoms with Crippen molar-refractivity contribution < 1.29 is 4.74 Å². The molecular weight excluding hydrogens is 126 g/mol. The quantitative estimate of drug-likeness (QED) is 0.502. The summed E-state index contributed by atoms with van der Waals surface area (Å²) in [4.78, 5) is 0. The molecule has 0 spiro atoms. The summed E-state index contributed by atoms with van der Waals surface area (Å²) in [6, 6.07) is 0. The molecule has 2 nitrogen and oxygen atoms in total. The van der Waals surface area contributed by atoms with E-state index >= 15 is 0 Å². The predicted octanol–water partition coefficient (Wildman–Crippen LogP) is 1.87. The summed E-state index contributed by atoms with van der Waals surface area (Å²) < 4.78 is 4.91. The molecule has 0 unspecified atom stereocenters. The van der Waals surface area contributed by atoms with Crippen molar-refractivity contribution >= 4 is 0 Å². The molecule has 0 aromatic heterocycles. The Bertz CT molecular complexity index is 49.2. The molecule has 61 valence electrons. The number of methoxy groups -OCH3 is 1. The molecule has 0 saturated heterocycles. The smallest absolute Gasteiger partial charge is 0.0462 e. The Kier molecular flexibility index (Phi) is 8.85. The minimum atomic E-state index is 0.588. The van der Waals surface area contributed by atoms with Crippen LogP contribution in [0.1, 0.15) is 32.1 Å². The average molecular weight is 144 g/mol. The van der Waals surface area contributed by atoms with Crippen LogP contribution in [0.4, 0.5) is 0 Å². The van der Waals surface area contributed by atoms with E-state index in [-0.39, 0.29) is 0 Å². The van der Waals surface area contributed by atoms with E-state index in [1.165, 1.54) is 25.7 Å². The molecule has 0 amide bonds. The highest BCUT2D eigenvalue weighted by atomic mass is 16.5. The fraction of sp³-hybridized carbons (Fsp3) is 1.00. The molecule has 1 N–H and O–H groups in total. The van der Waals surface area contributed by atoms with Gasteiger partial charge in [0.15, 0.2) is 0 Å². The minimum Gasteiger partial charge on any atom is -0.385 e. The van der Waals surface area contributed by atoms with Crippen molar-refractivity contribution in [3.8, 4) is 0 Å². The molecule has 0 aliphatic rings. The Labute approximate surface area is 63.7 Å². The molecule has 0 aromatic carbocycles. The van der Waals surface area contributed by atoms with Gasteiger partial charge in [-0.3, -0.25) is 5.73 Å². The summed E-state index contributed by atoms with van der Waals surface area (Å²) in [7, 11) is 1.74. The Morgan fingerprint density at radius 1 is 1.00 bits per heavy atom. The van der Waals surface area contributed by atoms with Gasteiger partial charge in [0, 0.05) is 20.3 Å². The van der Waals surface area contributed by atoms with E-state index in [0.29, 0.717) is 6.54 Å². The van der Waals surface area contributed by atoms with Gasteiger partial charge < -0.3 is 4.74 Å². The molecule has 10 heavy (non-hydrogen) atoms. The fourth-order valence-electron chi connectivity index (χ4n) is 0.902. The van der Waals surface area contributed by atoms with Crippen LogP contribution in [-0.2, 0) is 4.74 Å². The van der Waals surface area contributed by atoms with Crippen LogP contribution >= 0.6 is 0 Å². The van der Waals surface area contributed by atoms with Gasteiger partial charge in [-0.15, -0.1) is 0 Å². The molecular formula is C8H18NO. The van der Waals surface area contributed by atoms with Crippen LogP contribution in [0.15, 0.2) is 0 Å². The maximum atomic E-state index is 6.89. The van der Waals surface area contributed by atoms with Crippen LogP contribution in [0.5, 0.6) is 0 Å². The maximum Gasteiger partial charge on any atom is 0.0462 e. The Morgan fingerprint density at radius 3 is 2.20 bits per heavy atom. The maximum absolute atomic E-state index is 6.89. The van der Waals surface area contributed by atoms with E-state index in [2.05, 4.69) is 0 Å². The Hall–Kier alpha value is -0.0800. The van der Waals surface area contributed by atoms with E-state index in [9.17, 15) is 0 Å². The van der Waals surface area contributed by atoms with Crippen LogP contribution in [0.2, 0.25) is 0 Å². The zero-order valence-electron chi connectivity index (χ0n) is 6.86. The first-order valence-corrected chi connectivity index (χ1v) is 4.05. The number of nitrogens with one attached hydrogen (secondary N) is 1. The highest BCUT2D eigenvalue weighted by molar-refractivity contribution is 4.43. The van der Waals surface area contributed by atoms with Gasteiger partial charge in [-0.2, -0.15) is 0 Å². The molecule has 0 bridgehead atoms. The third-order valence-electron chi connectivity index (χ3n) is 1.53. The highest BCUT2D eigenvalue weighted by Crippen LogP contribution is 2.01. The first-order chi connectivity index (χ1) is 4.91. The van der Waals surface area contributed by atoms with E-state index in [4.69, 9.17) is 10.5 Å². The van der Waals surface area contributed by atoms with E-state index in [1.54, 1.807) is 7.11 Å². The zero-order chi connectivity index (χ0) is 7.66. The second-order valence-corrected chi connectivity index (χ2v) is 2.51. The first-order valence-electron chi connectivity index (χ1n) is 4.05. The summed E-state index contributed by atoms with van der Waals surface area (Å²) in [5.74, 6) is 0. The second kappa shape index (κ2) is 8.92. The predicted molar refractivity (Wildman–Crippen MR) is 42.9 cm³/mol. The normalized spacial score (nSPS) is 10.2. The summed E-state index contributed by atoms with van der Waals surface area (Å²) in [5.41, 5.74) is 6.89. The Balaban J connectivity index is 2.65. The van der Waals surface area contributed by atoms with Crippen LogP contribution in [0.25, 0.3) is 0 Å². The fourth-order valence-corrected chi connectivity index (χ4v) is 0.902. The van der Waals surface area contributed by atoms with Gasteiger partial charge in [-0.05, 0) is 12.8 Å². The van der Waals surface area contributed by atoms with Crippen LogP contribution in [-0.4, -0.2) is 20.3 Å². The molecule has 1 radical (unpaired) electrons. The third-order valence-corrected chi connectivity index (χ3v) is 1.53. The monoisotopic (exact) mass is 144 g/mol. The van der Waals surface area contributed by atoms with Gasteiger partial charge in [-0.25, -0.2) is 0 Å². The van der Waals surface area contributed by atoms with Crippen molar-refractivity contribution in [2.24, 2.45) is 0 Å². The lowest BCUT2D eigenvalue weighted by Crippen LogP contribution is -1.89.